The number of methoxy groups -OCH3 is 1. The molecule has 5 heteroatoms. The number of ether oxygens (including phenoxy) is 1. The standard InChI is InChI=1S/C12H18N2O2S/c1-8(6-15)17-7-9-3-4-10(12(13)14)11(5-9)16-2/h3-5,8,15H,6-7H2,1-2H3,(H3,13,14). The highest BCUT2D eigenvalue weighted by atomic mass is 32.2. The second-order valence-corrected chi connectivity index (χ2v) is 5.18. The molecule has 0 fully saturated rings. The molecule has 0 bridgehead atoms. The van der Waals surface area contributed by atoms with Crippen LogP contribution in [-0.2, 0) is 5.75 Å². The van der Waals surface area contributed by atoms with Gasteiger partial charge in [0.2, 0.25) is 0 Å². The molecule has 0 saturated heterocycles. The molecule has 0 spiro atoms. The lowest BCUT2D eigenvalue weighted by Gasteiger charge is -2.11. The third-order valence-corrected chi connectivity index (χ3v) is 3.57. The van der Waals surface area contributed by atoms with Crippen molar-refractivity contribution in [3.05, 3.63) is 29.3 Å². The first-order valence-electron chi connectivity index (χ1n) is 5.32. The van der Waals surface area contributed by atoms with Gasteiger partial charge in [-0.2, -0.15) is 11.8 Å². The van der Waals surface area contributed by atoms with Gasteiger partial charge in [-0.05, 0) is 17.7 Å². The molecule has 1 aromatic rings. The number of hydrogen-bond donors (Lipinski definition) is 3. The lowest BCUT2D eigenvalue weighted by atomic mass is 10.1. The Hall–Kier alpha value is -1.20. The topological polar surface area (TPSA) is 79.3 Å². The fourth-order valence-electron chi connectivity index (χ4n) is 1.34. The van der Waals surface area contributed by atoms with E-state index < -0.39 is 0 Å². The lowest BCUT2D eigenvalue weighted by molar-refractivity contribution is 0.300. The molecule has 4 nitrogen and oxygen atoms in total. The number of nitrogens with two attached hydrogens (primary N) is 1. The van der Waals surface area contributed by atoms with Crippen LogP contribution in [0.15, 0.2) is 18.2 Å². The zero-order chi connectivity index (χ0) is 12.8. The highest BCUT2D eigenvalue weighted by Crippen LogP contribution is 2.24. The van der Waals surface area contributed by atoms with Crippen LogP contribution >= 0.6 is 11.8 Å². The number of nitrogen functional groups attached to an aromatic ring is 1. The molecule has 0 saturated carbocycles. The molecular formula is C12H18N2O2S. The fraction of sp³-hybridized carbons (Fsp3) is 0.417. The second kappa shape index (κ2) is 6.51. The summed E-state index contributed by atoms with van der Waals surface area (Å²) in [6, 6.07) is 5.60. The van der Waals surface area contributed by atoms with E-state index in [0.29, 0.717) is 11.3 Å². The zero-order valence-electron chi connectivity index (χ0n) is 10.1. The normalized spacial score (nSPS) is 12.2. The average Bonchev–Trinajstić information content (AvgIpc) is 2.35. The molecular weight excluding hydrogens is 236 g/mol. The molecule has 0 aliphatic carbocycles. The minimum Gasteiger partial charge on any atom is -0.496 e. The summed E-state index contributed by atoms with van der Waals surface area (Å²) in [7, 11) is 1.56. The molecule has 17 heavy (non-hydrogen) atoms. The van der Waals surface area contributed by atoms with Gasteiger partial charge in [-0.3, -0.25) is 5.41 Å². The molecule has 0 radical (unpaired) electrons. The van der Waals surface area contributed by atoms with Crippen LogP contribution in [0.1, 0.15) is 18.1 Å². The summed E-state index contributed by atoms with van der Waals surface area (Å²) in [6.45, 7) is 2.15. The molecule has 0 aromatic heterocycles. The van der Waals surface area contributed by atoms with Crippen molar-refractivity contribution in [1.82, 2.24) is 0 Å². The Kier molecular flexibility index (Phi) is 5.31. The summed E-state index contributed by atoms with van der Waals surface area (Å²) in [5.74, 6) is 1.42. The molecule has 1 unspecified atom stereocenters. The second-order valence-electron chi connectivity index (χ2n) is 3.75. The average molecular weight is 254 g/mol. The molecule has 4 N–H and O–H groups in total. The van der Waals surface area contributed by atoms with Crippen LogP contribution in [0.5, 0.6) is 5.75 Å². The van der Waals surface area contributed by atoms with E-state index in [4.69, 9.17) is 21.0 Å². The minimum absolute atomic E-state index is 0.00443. The van der Waals surface area contributed by atoms with E-state index in [-0.39, 0.29) is 17.7 Å². The van der Waals surface area contributed by atoms with Gasteiger partial charge in [-0.25, -0.2) is 0 Å². The Morgan fingerprint density at radius 2 is 2.29 bits per heavy atom. The Bertz CT molecular complexity index is 396. The van der Waals surface area contributed by atoms with Gasteiger partial charge in [-0.15, -0.1) is 0 Å². The molecule has 0 amide bonds. The molecule has 1 aromatic carbocycles. The SMILES string of the molecule is COc1cc(CSC(C)CO)ccc1C(=N)N. The third kappa shape index (κ3) is 3.94. The predicted octanol–water partition coefficient (Wildman–Crippen LogP) is 1.59. The summed E-state index contributed by atoms with van der Waals surface area (Å²) in [5.41, 5.74) is 7.15. The van der Waals surface area contributed by atoms with Gasteiger partial charge >= 0.3 is 0 Å². The summed E-state index contributed by atoms with van der Waals surface area (Å²) >= 11 is 1.67. The smallest absolute Gasteiger partial charge is 0.130 e. The first-order chi connectivity index (χ1) is 8.08. The van der Waals surface area contributed by atoms with Crippen molar-refractivity contribution in [2.24, 2.45) is 5.73 Å². The molecule has 0 aliphatic rings. The molecule has 1 rings (SSSR count). The van der Waals surface area contributed by atoms with E-state index in [0.717, 1.165) is 11.3 Å². The van der Waals surface area contributed by atoms with Crippen molar-refractivity contribution in [3.63, 3.8) is 0 Å². The highest BCUT2D eigenvalue weighted by molar-refractivity contribution is 7.99. The number of benzene rings is 1. The number of thioether (sulfide) groups is 1. The lowest BCUT2D eigenvalue weighted by Crippen LogP contribution is -2.12. The largest absolute Gasteiger partial charge is 0.496 e. The zero-order valence-corrected chi connectivity index (χ0v) is 10.9. The number of aliphatic hydroxyl groups is 1. The van der Waals surface area contributed by atoms with Gasteiger partial charge in [-0.1, -0.05) is 13.0 Å². The van der Waals surface area contributed by atoms with E-state index in [1.54, 1.807) is 24.9 Å². The Morgan fingerprint density at radius 1 is 1.59 bits per heavy atom. The van der Waals surface area contributed by atoms with Crippen molar-refractivity contribution in [3.8, 4) is 5.75 Å². The van der Waals surface area contributed by atoms with Crippen LogP contribution in [-0.4, -0.2) is 29.9 Å². The van der Waals surface area contributed by atoms with Gasteiger partial charge in [0.05, 0.1) is 19.3 Å². The number of aliphatic hydroxyl groups excluding tert-OH is 1. The first-order valence-corrected chi connectivity index (χ1v) is 6.37. The predicted molar refractivity (Wildman–Crippen MR) is 71.9 cm³/mol. The van der Waals surface area contributed by atoms with Crippen LogP contribution in [0.2, 0.25) is 0 Å². The van der Waals surface area contributed by atoms with E-state index in [1.165, 1.54) is 0 Å². The monoisotopic (exact) mass is 254 g/mol. The third-order valence-electron chi connectivity index (χ3n) is 2.35. The van der Waals surface area contributed by atoms with Crippen LogP contribution in [0.25, 0.3) is 0 Å². The van der Waals surface area contributed by atoms with Crippen LogP contribution in [0, 0.1) is 5.41 Å². The number of nitrogens with one attached hydrogen (secondary N) is 1. The Labute approximate surface area is 106 Å². The summed E-state index contributed by atoms with van der Waals surface area (Å²) in [6.07, 6.45) is 0. The van der Waals surface area contributed by atoms with Crippen molar-refractivity contribution in [1.29, 1.82) is 5.41 Å². The first kappa shape index (κ1) is 13.9. The minimum atomic E-state index is 0.00443. The molecule has 0 aliphatic heterocycles. The van der Waals surface area contributed by atoms with Crippen LogP contribution < -0.4 is 10.5 Å². The van der Waals surface area contributed by atoms with E-state index in [2.05, 4.69) is 0 Å². The van der Waals surface area contributed by atoms with Gasteiger partial charge in [0, 0.05) is 11.0 Å². The van der Waals surface area contributed by atoms with E-state index in [9.17, 15) is 0 Å². The van der Waals surface area contributed by atoms with Gasteiger partial charge in [0.1, 0.15) is 11.6 Å². The van der Waals surface area contributed by atoms with Gasteiger partial charge in [0.25, 0.3) is 0 Å². The van der Waals surface area contributed by atoms with Crippen molar-refractivity contribution >= 4 is 17.6 Å². The van der Waals surface area contributed by atoms with Crippen molar-refractivity contribution in [2.45, 2.75) is 17.9 Å². The Morgan fingerprint density at radius 3 is 2.82 bits per heavy atom. The van der Waals surface area contributed by atoms with E-state index >= 15 is 0 Å². The highest BCUT2D eigenvalue weighted by Gasteiger charge is 2.08. The number of hydrogen-bond acceptors (Lipinski definition) is 4. The van der Waals surface area contributed by atoms with Gasteiger partial charge in [0.15, 0.2) is 0 Å². The summed E-state index contributed by atoms with van der Waals surface area (Å²) in [5, 5.41) is 16.6. The maximum atomic E-state index is 8.94. The molecule has 1 atom stereocenters. The summed E-state index contributed by atoms with van der Waals surface area (Å²) < 4.78 is 5.20. The molecule has 94 valence electrons. The Balaban J connectivity index is 2.79. The maximum absolute atomic E-state index is 8.94. The fourth-order valence-corrected chi connectivity index (χ4v) is 2.10. The summed E-state index contributed by atoms with van der Waals surface area (Å²) in [4.78, 5) is 0. The maximum Gasteiger partial charge on any atom is 0.130 e. The quantitative estimate of drug-likeness (QED) is 0.532. The van der Waals surface area contributed by atoms with Crippen LogP contribution in [0.4, 0.5) is 0 Å². The van der Waals surface area contributed by atoms with Crippen molar-refractivity contribution in [2.75, 3.05) is 13.7 Å². The number of amidine groups is 1. The van der Waals surface area contributed by atoms with Gasteiger partial charge < -0.3 is 15.6 Å². The van der Waals surface area contributed by atoms with Crippen LogP contribution in [0.3, 0.4) is 0 Å². The van der Waals surface area contributed by atoms with E-state index in [1.807, 2.05) is 19.1 Å². The van der Waals surface area contributed by atoms with Crippen molar-refractivity contribution < 1.29 is 9.84 Å². The molecule has 0 heterocycles. The number of rotatable bonds is 6.